The molecule has 29 heavy (non-hydrogen) atoms. The van der Waals surface area contributed by atoms with E-state index in [0.29, 0.717) is 43.8 Å². The van der Waals surface area contributed by atoms with Crippen LogP contribution in [0.5, 0.6) is 11.5 Å². The first-order chi connectivity index (χ1) is 13.9. The lowest BCUT2D eigenvalue weighted by Crippen LogP contribution is -2.22. The van der Waals surface area contributed by atoms with E-state index in [4.69, 9.17) is 32.7 Å². The zero-order valence-corrected chi connectivity index (χ0v) is 18.2. The lowest BCUT2D eigenvalue weighted by atomic mass is 10.2. The Morgan fingerprint density at radius 1 is 1.10 bits per heavy atom. The van der Waals surface area contributed by atoms with Crippen molar-refractivity contribution < 1.29 is 14.3 Å². The maximum atomic E-state index is 12.6. The van der Waals surface area contributed by atoms with Crippen LogP contribution in [0.25, 0.3) is 11.4 Å². The number of anilines is 1. The fraction of sp³-hybridized carbons (Fsp3) is 0.211. The normalized spacial score (nSPS) is 11.8. The molecule has 0 bridgehead atoms. The molecule has 3 rings (SSSR count). The van der Waals surface area contributed by atoms with E-state index < -0.39 is 5.25 Å². The fourth-order valence-electron chi connectivity index (χ4n) is 2.51. The highest BCUT2D eigenvalue weighted by Gasteiger charge is 2.20. The Kier molecular flexibility index (Phi) is 6.89. The molecule has 0 aliphatic carbocycles. The summed E-state index contributed by atoms with van der Waals surface area (Å²) in [5.41, 5.74) is 1.18. The zero-order chi connectivity index (χ0) is 21.0. The van der Waals surface area contributed by atoms with Crippen LogP contribution in [0.2, 0.25) is 10.0 Å². The minimum atomic E-state index is -0.469. The third-order valence-electron chi connectivity index (χ3n) is 3.95. The van der Waals surface area contributed by atoms with Gasteiger partial charge < -0.3 is 14.8 Å². The molecular weight excluding hydrogens is 435 g/mol. The molecule has 2 N–H and O–H groups in total. The minimum Gasteiger partial charge on any atom is -0.496 e. The highest BCUT2D eigenvalue weighted by atomic mass is 35.5. The van der Waals surface area contributed by atoms with E-state index >= 15 is 0 Å². The number of H-pyrrole nitrogens is 1. The third kappa shape index (κ3) is 5.14. The number of hydrogen-bond donors (Lipinski definition) is 2. The van der Waals surface area contributed by atoms with Crippen molar-refractivity contribution in [1.29, 1.82) is 0 Å². The van der Waals surface area contributed by atoms with Gasteiger partial charge in [0.05, 0.1) is 30.7 Å². The van der Waals surface area contributed by atoms with Crippen molar-refractivity contribution in [2.45, 2.75) is 17.3 Å². The van der Waals surface area contributed by atoms with Crippen molar-refractivity contribution in [3.63, 3.8) is 0 Å². The molecule has 10 heteroatoms. The highest BCUT2D eigenvalue weighted by Crippen LogP contribution is 2.32. The van der Waals surface area contributed by atoms with Crippen molar-refractivity contribution >= 4 is 46.6 Å². The van der Waals surface area contributed by atoms with Gasteiger partial charge in [0.1, 0.15) is 11.5 Å². The summed E-state index contributed by atoms with van der Waals surface area (Å²) in [5.74, 6) is 1.40. The van der Waals surface area contributed by atoms with Gasteiger partial charge in [-0.15, -0.1) is 5.10 Å². The summed E-state index contributed by atoms with van der Waals surface area (Å²) in [4.78, 5) is 17.0. The monoisotopic (exact) mass is 452 g/mol. The average Bonchev–Trinajstić information content (AvgIpc) is 3.16. The van der Waals surface area contributed by atoms with Gasteiger partial charge in [-0.25, -0.2) is 4.98 Å². The van der Waals surface area contributed by atoms with Crippen LogP contribution in [0.3, 0.4) is 0 Å². The summed E-state index contributed by atoms with van der Waals surface area (Å²) in [6.07, 6.45) is 0. The molecule has 0 unspecified atom stereocenters. The molecule has 1 atom stereocenters. The fourth-order valence-corrected chi connectivity index (χ4v) is 3.58. The average molecular weight is 453 g/mol. The molecule has 0 aliphatic rings. The van der Waals surface area contributed by atoms with Crippen LogP contribution in [0.4, 0.5) is 5.69 Å². The molecule has 1 aromatic heterocycles. The molecule has 0 saturated heterocycles. The van der Waals surface area contributed by atoms with Gasteiger partial charge in [0.25, 0.3) is 0 Å². The van der Waals surface area contributed by atoms with Crippen molar-refractivity contribution in [1.82, 2.24) is 15.2 Å². The predicted molar refractivity (Wildman–Crippen MR) is 115 cm³/mol. The molecule has 152 valence electrons. The highest BCUT2D eigenvalue weighted by molar-refractivity contribution is 8.00. The summed E-state index contributed by atoms with van der Waals surface area (Å²) < 4.78 is 10.6. The maximum Gasteiger partial charge on any atom is 0.237 e. The van der Waals surface area contributed by atoms with Gasteiger partial charge in [0, 0.05) is 10.0 Å². The number of rotatable bonds is 7. The largest absolute Gasteiger partial charge is 0.496 e. The number of nitrogens with zero attached hydrogens (tertiary/aromatic N) is 2. The molecule has 1 amide bonds. The van der Waals surface area contributed by atoms with Crippen molar-refractivity contribution in [2.75, 3.05) is 19.5 Å². The Labute approximate surface area is 182 Å². The van der Waals surface area contributed by atoms with E-state index in [0.717, 1.165) is 0 Å². The van der Waals surface area contributed by atoms with Crippen LogP contribution in [0.15, 0.2) is 41.6 Å². The predicted octanol–water partition coefficient (Wildman–Crippen LogP) is 4.92. The van der Waals surface area contributed by atoms with Crippen LogP contribution in [-0.4, -0.2) is 40.6 Å². The number of halogens is 2. The number of benzene rings is 2. The summed E-state index contributed by atoms with van der Waals surface area (Å²) in [7, 11) is 3.09. The van der Waals surface area contributed by atoms with Crippen molar-refractivity contribution in [3.8, 4) is 22.9 Å². The van der Waals surface area contributed by atoms with E-state index in [1.807, 2.05) is 0 Å². The van der Waals surface area contributed by atoms with Crippen molar-refractivity contribution in [2.24, 2.45) is 0 Å². The Hall–Kier alpha value is -2.42. The third-order valence-corrected chi connectivity index (χ3v) is 5.38. The number of carbonyl (C=O) groups excluding carboxylic acids is 1. The SMILES string of the molecule is COc1ccc(Cl)cc1NC(=O)[C@H](C)Sc1n[nH]c(-c2cc(Cl)ccc2OC)n1. The first-order valence-electron chi connectivity index (χ1n) is 8.48. The topological polar surface area (TPSA) is 89.1 Å². The number of amides is 1. The van der Waals surface area contributed by atoms with Gasteiger partial charge in [-0.2, -0.15) is 0 Å². The Morgan fingerprint density at radius 2 is 1.76 bits per heavy atom. The molecule has 0 radical (unpaired) electrons. The lowest BCUT2D eigenvalue weighted by molar-refractivity contribution is -0.115. The number of thioether (sulfide) groups is 1. The van der Waals surface area contributed by atoms with E-state index in [-0.39, 0.29) is 5.91 Å². The number of aromatic amines is 1. The second-order valence-electron chi connectivity index (χ2n) is 5.91. The molecule has 3 aromatic rings. The number of hydrogen-bond acceptors (Lipinski definition) is 6. The number of nitrogens with one attached hydrogen (secondary N) is 2. The Bertz CT molecular complexity index is 1030. The van der Waals surface area contributed by atoms with E-state index in [2.05, 4.69) is 20.5 Å². The molecule has 1 heterocycles. The number of methoxy groups -OCH3 is 2. The number of carbonyl (C=O) groups is 1. The molecule has 7 nitrogen and oxygen atoms in total. The van der Waals surface area contributed by atoms with Crippen LogP contribution < -0.4 is 14.8 Å². The standard InChI is InChI=1S/C19H18Cl2N4O3S/c1-10(18(26)22-14-9-12(21)5-7-16(14)28-3)29-19-23-17(24-25-19)13-8-11(20)4-6-15(13)27-2/h4-10H,1-3H3,(H,22,26)(H,23,24,25)/t10-/m0/s1. The van der Waals surface area contributed by atoms with E-state index in [9.17, 15) is 4.79 Å². The molecule has 0 fully saturated rings. The molecular formula is C19H18Cl2N4O3S. The van der Waals surface area contributed by atoms with Gasteiger partial charge in [-0.1, -0.05) is 35.0 Å². The number of aromatic nitrogens is 3. The van der Waals surface area contributed by atoms with Crippen LogP contribution in [-0.2, 0) is 4.79 Å². The Morgan fingerprint density at radius 3 is 2.45 bits per heavy atom. The van der Waals surface area contributed by atoms with Gasteiger partial charge >= 0.3 is 0 Å². The second-order valence-corrected chi connectivity index (χ2v) is 8.09. The zero-order valence-electron chi connectivity index (χ0n) is 15.8. The maximum absolute atomic E-state index is 12.6. The van der Waals surface area contributed by atoms with Crippen LogP contribution in [0.1, 0.15) is 6.92 Å². The molecule has 2 aromatic carbocycles. The van der Waals surface area contributed by atoms with E-state index in [1.54, 1.807) is 50.4 Å². The quantitative estimate of drug-likeness (QED) is 0.494. The Balaban J connectivity index is 1.72. The summed E-state index contributed by atoms with van der Waals surface area (Å²) in [6, 6.07) is 10.2. The summed E-state index contributed by atoms with van der Waals surface area (Å²) in [5, 5.41) is 10.8. The second kappa shape index (κ2) is 9.39. The lowest BCUT2D eigenvalue weighted by Gasteiger charge is -2.13. The molecule has 0 saturated carbocycles. The summed E-state index contributed by atoms with van der Waals surface area (Å²) >= 11 is 13.3. The van der Waals surface area contributed by atoms with Gasteiger partial charge in [0.15, 0.2) is 5.82 Å². The summed E-state index contributed by atoms with van der Waals surface area (Å²) in [6.45, 7) is 1.76. The van der Waals surface area contributed by atoms with Crippen LogP contribution in [0, 0.1) is 0 Å². The first-order valence-corrected chi connectivity index (χ1v) is 10.1. The first kappa shape index (κ1) is 21.3. The molecule has 0 spiro atoms. The minimum absolute atomic E-state index is 0.234. The van der Waals surface area contributed by atoms with Crippen molar-refractivity contribution in [3.05, 3.63) is 46.4 Å². The van der Waals surface area contributed by atoms with Crippen LogP contribution >= 0.6 is 35.0 Å². The van der Waals surface area contributed by atoms with Gasteiger partial charge in [-0.3, -0.25) is 9.89 Å². The smallest absolute Gasteiger partial charge is 0.237 e. The van der Waals surface area contributed by atoms with Gasteiger partial charge in [0.2, 0.25) is 11.1 Å². The van der Waals surface area contributed by atoms with E-state index in [1.165, 1.54) is 18.9 Å². The van der Waals surface area contributed by atoms with Gasteiger partial charge in [-0.05, 0) is 43.3 Å². The molecule has 0 aliphatic heterocycles. The number of ether oxygens (including phenoxy) is 2.